The fourth-order valence-electron chi connectivity index (χ4n) is 1.38. The molecule has 5 nitrogen and oxygen atoms in total. The summed E-state index contributed by atoms with van der Waals surface area (Å²) in [6.07, 6.45) is -0.352. The number of alkyl carbamates (subject to hydrolysis) is 1. The summed E-state index contributed by atoms with van der Waals surface area (Å²) in [5, 5.41) is 9.30. The van der Waals surface area contributed by atoms with E-state index in [1.807, 2.05) is 20.8 Å². The SMILES string of the molecule is CC(C)(C)OC(=O)NCC1CNCCN1. The average Bonchev–Trinajstić information content (AvgIpc) is 2.14. The van der Waals surface area contributed by atoms with Crippen LogP contribution in [0, 0.1) is 0 Å². The summed E-state index contributed by atoms with van der Waals surface area (Å²) in [4.78, 5) is 11.3. The van der Waals surface area contributed by atoms with Crippen LogP contribution >= 0.6 is 0 Å². The maximum Gasteiger partial charge on any atom is 0.407 e. The van der Waals surface area contributed by atoms with Gasteiger partial charge >= 0.3 is 6.09 Å². The Labute approximate surface area is 90.9 Å². The summed E-state index contributed by atoms with van der Waals surface area (Å²) in [5.74, 6) is 0. The molecule has 1 aliphatic rings. The first kappa shape index (κ1) is 12.3. The van der Waals surface area contributed by atoms with E-state index in [2.05, 4.69) is 16.0 Å². The Hall–Kier alpha value is -0.810. The normalized spacial score (nSPS) is 22.2. The monoisotopic (exact) mass is 215 g/mol. The third-order valence-corrected chi connectivity index (χ3v) is 2.02. The molecule has 1 amide bonds. The molecule has 1 aliphatic heterocycles. The van der Waals surface area contributed by atoms with E-state index >= 15 is 0 Å². The van der Waals surface area contributed by atoms with Gasteiger partial charge in [0.25, 0.3) is 0 Å². The molecular formula is C10H21N3O2. The number of rotatable bonds is 2. The summed E-state index contributed by atoms with van der Waals surface area (Å²) in [5.41, 5.74) is -0.428. The van der Waals surface area contributed by atoms with Gasteiger partial charge in [-0.2, -0.15) is 0 Å². The molecule has 0 aromatic carbocycles. The van der Waals surface area contributed by atoms with E-state index in [0.29, 0.717) is 12.6 Å². The largest absolute Gasteiger partial charge is 0.444 e. The van der Waals surface area contributed by atoms with Crippen molar-refractivity contribution >= 4 is 6.09 Å². The van der Waals surface area contributed by atoms with E-state index in [0.717, 1.165) is 19.6 Å². The molecule has 0 bridgehead atoms. The van der Waals surface area contributed by atoms with Gasteiger partial charge in [0.05, 0.1) is 0 Å². The summed E-state index contributed by atoms with van der Waals surface area (Å²) in [7, 11) is 0. The molecule has 15 heavy (non-hydrogen) atoms. The van der Waals surface area contributed by atoms with Crippen molar-refractivity contribution in [3.63, 3.8) is 0 Å². The molecule has 1 saturated heterocycles. The number of carbonyl (C=O) groups excluding carboxylic acids is 1. The molecule has 0 spiro atoms. The zero-order chi connectivity index (χ0) is 11.3. The number of hydrogen-bond donors (Lipinski definition) is 3. The second-order valence-electron chi connectivity index (χ2n) is 4.74. The molecule has 5 heteroatoms. The number of hydrogen-bond acceptors (Lipinski definition) is 4. The smallest absolute Gasteiger partial charge is 0.407 e. The predicted molar refractivity (Wildman–Crippen MR) is 58.9 cm³/mol. The zero-order valence-electron chi connectivity index (χ0n) is 9.72. The Morgan fingerprint density at radius 3 is 2.73 bits per heavy atom. The highest BCUT2D eigenvalue weighted by molar-refractivity contribution is 5.67. The quantitative estimate of drug-likeness (QED) is 0.610. The third kappa shape index (κ3) is 5.59. The van der Waals surface area contributed by atoms with E-state index < -0.39 is 5.60 Å². The van der Waals surface area contributed by atoms with E-state index in [-0.39, 0.29) is 6.09 Å². The summed E-state index contributed by atoms with van der Waals surface area (Å²) < 4.78 is 5.13. The van der Waals surface area contributed by atoms with Gasteiger partial charge in [-0.3, -0.25) is 0 Å². The van der Waals surface area contributed by atoms with Gasteiger partial charge < -0.3 is 20.7 Å². The molecule has 1 unspecified atom stereocenters. The second-order valence-corrected chi connectivity index (χ2v) is 4.74. The standard InChI is InChI=1S/C10H21N3O2/c1-10(2,3)15-9(14)13-7-8-6-11-4-5-12-8/h8,11-12H,4-7H2,1-3H3,(H,13,14). The second kappa shape index (κ2) is 5.32. The van der Waals surface area contributed by atoms with Crippen LogP contribution in [0.4, 0.5) is 4.79 Å². The molecular weight excluding hydrogens is 194 g/mol. The van der Waals surface area contributed by atoms with E-state index in [1.165, 1.54) is 0 Å². The number of piperazine rings is 1. The molecule has 88 valence electrons. The molecule has 1 rings (SSSR count). The van der Waals surface area contributed by atoms with Crippen molar-refractivity contribution in [2.75, 3.05) is 26.2 Å². The fourth-order valence-corrected chi connectivity index (χ4v) is 1.38. The number of amides is 1. The van der Waals surface area contributed by atoms with Crippen molar-refractivity contribution in [2.24, 2.45) is 0 Å². The van der Waals surface area contributed by atoms with Crippen LogP contribution < -0.4 is 16.0 Å². The predicted octanol–water partition coefficient (Wildman–Crippen LogP) is 0.0725. The minimum Gasteiger partial charge on any atom is -0.444 e. The van der Waals surface area contributed by atoms with Crippen LogP contribution in [0.2, 0.25) is 0 Å². The first-order valence-electron chi connectivity index (χ1n) is 5.38. The highest BCUT2D eigenvalue weighted by Crippen LogP contribution is 2.06. The molecule has 3 N–H and O–H groups in total. The van der Waals surface area contributed by atoms with Gasteiger partial charge in [0.1, 0.15) is 5.60 Å². The van der Waals surface area contributed by atoms with Gasteiger partial charge in [-0.05, 0) is 20.8 Å². The van der Waals surface area contributed by atoms with Crippen LogP contribution in [-0.2, 0) is 4.74 Å². The van der Waals surface area contributed by atoms with Crippen LogP contribution in [0.25, 0.3) is 0 Å². The minimum atomic E-state index is -0.428. The lowest BCUT2D eigenvalue weighted by molar-refractivity contribution is 0.0521. The molecule has 0 aromatic rings. The topological polar surface area (TPSA) is 62.4 Å². The molecule has 1 fully saturated rings. The van der Waals surface area contributed by atoms with Gasteiger partial charge in [-0.25, -0.2) is 4.79 Å². The van der Waals surface area contributed by atoms with Crippen molar-refractivity contribution in [3.8, 4) is 0 Å². The Kier molecular flexibility index (Phi) is 4.35. The maximum absolute atomic E-state index is 11.3. The van der Waals surface area contributed by atoms with E-state index in [9.17, 15) is 4.79 Å². The van der Waals surface area contributed by atoms with Crippen LogP contribution in [0.5, 0.6) is 0 Å². The van der Waals surface area contributed by atoms with E-state index in [1.54, 1.807) is 0 Å². The minimum absolute atomic E-state index is 0.297. The van der Waals surface area contributed by atoms with Crippen molar-refractivity contribution in [1.82, 2.24) is 16.0 Å². The zero-order valence-corrected chi connectivity index (χ0v) is 9.72. The van der Waals surface area contributed by atoms with Crippen LogP contribution in [0.3, 0.4) is 0 Å². The maximum atomic E-state index is 11.3. The highest BCUT2D eigenvalue weighted by atomic mass is 16.6. The molecule has 1 heterocycles. The molecule has 0 radical (unpaired) electrons. The van der Waals surface area contributed by atoms with Crippen molar-refractivity contribution < 1.29 is 9.53 Å². The van der Waals surface area contributed by atoms with E-state index in [4.69, 9.17) is 4.74 Å². The third-order valence-electron chi connectivity index (χ3n) is 2.02. The number of ether oxygens (including phenoxy) is 1. The molecule has 0 saturated carbocycles. The first-order chi connectivity index (χ1) is 6.97. The lowest BCUT2D eigenvalue weighted by Gasteiger charge is -2.25. The van der Waals surface area contributed by atoms with Crippen LogP contribution in [-0.4, -0.2) is 43.9 Å². The summed E-state index contributed by atoms with van der Waals surface area (Å²) >= 11 is 0. The first-order valence-corrected chi connectivity index (χ1v) is 5.38. The summed E-state index contributed by atoms with van der Waals surface area (Å²) in [6, 6.07) is 0.297. The summed E-state index contributed by atoms with van der Waals surface area (Å²) in [6.45, 7) is 8.98. The average molecular weight is 215 g/mol. The van der Waals surface area contributed by atoms with Gasteiger partial charge in [-0.1, -0.05) is 0 Å². The van der Waals surface area contributed by atoms with Gasteiger partial charge in [0.2, 0.25) is 0 Å². The molecule has 0 aliphatic carbocycles. The number of carbonyl (C=O) groups is 1. The Bertz CT molecular complexity index is 207. The van der Waals surface area contributed by atoms with Crippen LogP contribution in [0.1, 0.15) is 20.8 Å². The lowest BCUT2D eigenvalue weighted by atomic mass is 10.2. The van der Waals surface area contributed by atoms with Crippen LogP contribution in [0.15, 0.2) is 0 Å². The van der Waals surface area contributed by atoms with Gasteiger partial charge in [-0.15, -0.1) is 0 Å². The Morgan fingerprint density at radius 1 is 1.47 bits per heavy atom. The Balaban J connectivity index is 2.15. The molecule has 1 atom stereocenters. The highest BCUT2D eigenvalue weighted by Gasteiger charge is 2.18. The fraction of sp³-hybridized carbons (Fsp3) is 0.900. The van der Waals surface area contributed by atoms with Crippen molar-refractivity contribution in [2.45, 2.75) is 32.4 Å². The Morgan fingerprint density at radius 2 is 2.20 bits per heavy atom. The molecule has 0 aromatic heterocycles. The van der Waals surface area contributed by atoms with Gasteiger partial charge in [0.15, 0.2) is 0 Å². The number of nitrogens with one attached hydrogen (secondary N) is 3. The van der Waals surface area contributed by atoms with Crippen molar-refractivity contribution in [1.29, 1.82) is 0 Å². The van der Waals surface area contributed by atoms with Gasteiger partial charge in [0, 0.05) is 32.2 Å². The lowest BCUT2D eigenvalue weighted by Crippen LogP contribution is -2.53. The van der Waals surface area contributed by atoms with Crippen molar-refractivity contribution in [3.05, 3.63) is 0 Å².